The average Bonchev–Trinajstić information content (AvgIpc) is 2.81. The second kappa shape index (κ2) is 10.5. The molecule has 1 aromatic carbocycles. The molecule has 2 aromatic rings. The minimum Gasteiger partial charge on any atom is -0.370 e. The monoisotopic (exact) mass is 461 g/mol. The molecule has 0 aliphatic carbocycles. The number of benzene rings is 1. The fourth-order valence-corrected chi connectivity index (χ4v) is 4.44. The van der Waals surface area contributed by atoms with Crippen molar-refractivity contribution in [2.75, 3.05) is 56.0 Å². The van der Waals surface area contributed by atoms with Gasteiger partial charge in [-0.3, -0.25) is 19.6 Å². The van der Waals surface area contributed by atoms with Crippen LogP contribution in [0.4, 0.5) is 24.5 Å². The van der Waals surface area contributed by atoms with Gasteiger partial charge in [0.2, 0.25) is 5.91 Å². The van der Waals surface area contributed by atoms with Crippen molar-refractivity contribution in [3.63, 3.8) is 0 Å². The van der Waals surface area contributed by atoms with Crippen molar-refractivity contribution in [1.29, 1.82) is 0 Å². The van der Waals surface area contributed by atoms with Crippen LogP contribution in [0.15, 0.2) is 42.6 Å². The van der Waals surface area contributed by atoms with E-state index in [4.69, 9.17) is 0 Å². The lowest BCUT2D eigenvalue weighted by Gasteiger charge is -2.34. The Hall–Kier alpha value is -2.65. The van der Waals surface area contributed by atoms with Crippen LogP contribution in [-0.4, -0.2) is 66.5 Å². The number of amides is 1. The van der Waals surface area contributed by atoms with E-state index in [0.29, 0.717) is 5.69 Å². The van der Waals surface area contributed by atoms with Crippen LogP contribution < -0.4 is 10.2 Å². The molecule has 6 nitrogen and oxygen atoms in total. The minimum absolute atomic E-state index is 0.160. The van der Waals surface area contributed by atoms with Crippen molar-refractivity contribution in [1.82, 2.24) is 14.8 Å². The molecule has 2 aliphatic rings. The van der Waals surface area contributed by atoms with Gasteiger partial charge in [-0.2, -0.15) is 13.2 Å². The number of carbonyl (C=O) groups excluding carboxylic acids is 1. The number of nitrogens with zero attached hydrogens (tertiary/aromatic N) is 4. The highest BCUT2D eigenvalue weighted by Gasteiger charge is 2.32. The zero-order chi connectivity index (χ0) is 23.3. The van der Waals surface area contributed by atoms with E-state index in [1.807, 2.05) is 23.1 Å². The van der Waals surface area contributed by atoms with Crippen LogP contribution >= 0.6 is 0 Å². The van der Waals surface area contributed by atoms with Gasteiger partial charge < -0.3 is 10.2 Å². The Bertz CT molecular complexity index is 923. The summed E-state index contributed by atoms with van der Waals surface area (Å²) in [5, 5.41) is 2.77. The molecule has 33 heavy (non-hydrogen) atoms. The Balaban J connectivity index is 1.36. The molecular weight excluding hydrogens is 431 g/mol. The van der Waals surface area contributed by atoms with Gasteiger partial charge in [-0.25, -0.2) is 0 Å². The number of halogens is 3. The van der Waals surface area contributed by atoms with E-state index in [1.54, 1.807) is 6.20 Å². The molecule has 1 amide bonds. The molecule has 0 spiro atoms. The molecule has 0 unspecified atom stereocenters. The van der Waals surface area contributed by atoms with Gasteiger partial charge in [-0.15, -0.1) is 0 Å². The third-order valence-electron chi connectivity index (χ3n) is 6.24. The first-order valence-corrected chi connectivity index (χ1v) is 11.5. The molecule has 4 rings (SSSR count). The molecule has 0 saturated carbocycles. The Kier molecular flexibility index (Phi) is 7.49. The Morgan fingerprint density at radius 1 is 0.939 bits per heavy atom. The zero-order valence-electron chi connectivity index (χ0n) is 18.7. The first kappa shape index (κ1) is 23.5. The largest absolute Gasteiger partial charge is 0.416 e. The van der Waals surface area contributed by atoms with Crippen molar-refractivity contribution >= 4 is 17.3 Å². The van der Waals surface area contributed by atoms with Gasteiger partial charge in [0.25, 0.3) is 0 Å². The summed E-state index contributed by atoms with van der Waals surface area (Å²) in [6.07, 6.45) is 0.436. The van der Waals surface area contributed by atoms with Crippen LogP contribution in [-0.2, 0) is 17.5 Å². The van der Waals surface area contributed by atoms with Crippen LogP contribution in [0.5, 0.6) is 0 Å². The van der Waals surface area contributed by atoms with Crippen LogP contribution in [0.25, 0.3) is 0 Å². The van der Waals surface area contributed by atoms with Gasteiger partial charge >= 0.3 is 6.18 Å². The molecule has 2 aliphatic heterocycles. The van der Waals surface area contributed by atoms with Crippen LogP contribution in [0.3, 0.4) is 0 Å². The minimum atomic E-state index is -4.45. The van der Waals surface area contributed by atoms with Gasteiger partial charge in [-0.1, -0.05) is 6.07 Å². The van der Waals surface area contributed by atoms with E-state index in [-0.39, 0.29) is 18.1 Å². The fourth-order valence-electron chi connectivity index (χ4n) is 4.44. The summed E-state index contributed by atoms with van der Waals surface area (Å²) in [7, 11) is 0. The second-order valence-corrected chi connectivity index (χ2v) is 8.70. The molecule has 3 heterocycles. The highest BCUT2D eigenvalue weighted by atomic mass is 19.4. The maximum Gasteiger partial charge on any atom is 0.416 e. The van der Waals surface area contributed by atoms with E-state index in [9.17, 15) is 18.0 Å². The van der Waals surface area contributed by atoms with E-state index >= 15 is 0 Å². The number of nitrogens with one attached hydrogen (secondary N) is 1. The number of anilines is 2. The third kappa shape index (κ3) is 6.45. The third-order valence-corrected chi connectivity index (χ3v) is 6.24. The van der Waals surface area contributed by atoms with E-state index in [1.165, 1.54) is 6.07 Å². The summed E-state index contributed by atoms with van der Waals surface area (Å²) in [4.78, 5) is 23.5. The molecule has 178 valence electrons. The Labute approximate surface area is 192 Å². The van der Waals surface area contributed by atoms with Gasteiger partial charge in [-0.05, 0) is 49.6 Å². The summed E-state index contributed by atoms with van der Waals surface area (Å²) >= 11 is 0. The number of carbonyl (C=O) groups is 1. The first-order chi connectivity index (χ1) is 15.9. The molecule has 0 radical (unpaired) electrons. The van der Waals surface area contributed by atoms with E-state index < -0.39 is 11.7 Å². The topological polar surface area (TPSA) is 51.7 Å². The van der Waals surface area contributed by atoms with Crippen molar-refractivity contribution in [2.24, 2.45) is 0 Å². The summed E-state index contributed by atoms with van der Waals surface area (Å²) in [5.41, 5.74) is 1.17. The summed E-state index contributed by atoms with van der Waals surface area (Å²) in [5.74, 6) is -0.286. The lowest BCUT2D eigenvalue weighted by Crippen LogP contribution is -2.48. The first-order valence-electron chi connectivity index (χ1n) is 11.5. The molecule has 1 N–H and O–H groups in total. The molecular formula is C24H30F3N5O. The van der Waals surface area contributed by atoms with Crippen molar-refractivity contribution in [2.45, 2.75) is 32.0 Å². The molecule has 2 fully saturated rings. The Morgan fingerprint density at radius 2 is 1.67 bits per heavy atom. The van der Waals surface area contributed by atoms with Crippen LogP contribution in [0.2, 0.25) is 0 Å². The number of pyridine rings is 1. The van der Waals surface area contributed by atoms with Crippen molar-refractivity contribution in [3.05, 3.63) is 53.9 Å². The standard InChI is InChI=1S/C24H30F3N5O/c25-24(26,27)19-7-8-22(32-10-4-1-5-11-32)21(16-19)29-23(33)18-31-14-12-30(13-15-31)17-20-6-2-3-9-28-20/h2-3,6-9,16H,1,4-5,10-15,17-18H2,(H,29,33). The number of hydrogen-bond acceptors (Lipinski definition) is 5. The SMILES string of the molecule is O=C(CN1CCN(Cc2ccccn2)CC1)Nc1cc(C(F)(F)F)ccc1N1CCCCC1. The van der Waals surface area contributed by atoms with Crippen molar-refractivity contribution < 1.29 is 18.0 Å². The number of rotatable bonds is 6. The summed E-state index contributed by atoms with van der Waals surface area (Å²) < 4.78 is 39.9. The highest BCUT2D eigenvalue weighted by molar-refractivity contribution is 5.95. The van der Waals surface area contributed by atoms with E-state index in [2.05, 4.69) is 20.1 Å². The lowest BCUT2D eigenvalue weighted by molar-refractivity contribution is -0.137. The number of alkyl halides is 3. The number of aromatic nitrogens is 1. The predicted molar refractivity (Wildman–Crippen MR) is 122 cm³/mol. The molecule has 1 aromatic heterocycles. The maximum absolute atomic E-state index is 13.3. The van der Waals surface area contributed by atoms with Gasteiger partial charge in [0, 0.05) is 52.0 Å². The molecule has 0 atom stereocenters. The second-order valence-electron chi connectivity index (χ2n) is 8.70. The normalized spacial score (nSPS) is 18.3. The number of piperazine rings is 1. The Morgan fingerprint density at radius 3 is 2.33 bits per heavy atom. The maximum atomic E-state index is 13.3. The fraction of sp³-hybridized carbons (Fsp3) is 0.500. The smallest absolute Gasteiger partial charge is 0.370 e. The molecule has 9 heteroatoms. The summed E-state index contributed by atoms with van der Waals surface area (Å²) in [6.45, 7) is 5.57. The van der Waals surface area contributed by atoms with Gasteiger partial charge in [0.15, 0.2) is 0 Å². The summed E-state index contributed by atoms with van der Waals surface area (Å²) in [6, 6.07) is 9.50. The van der Waals surface area contributed by atoms with Crippen LogP contribution in [0.1, 0.15) is 30.5 Å². The molecule has 2 saturated heterocycles. The van der Waals surface area contributed by atoms with Crippen molar-refractivity contribution in [3.8, 4) is 0 Å². The lowest BCUT2D eigenvalue weighted by atomic mass is 10.1. The number of hydrogen-bond donors (Lipinski definition) is 1. The molecule has 0 bridgehead atoms. The van der Waals surface area contributed by atoms with Crippen LogP contribution in [0, 0.1) is 0 Å². The van der Waals surface area contributed by atoms with Gasteiger partial charge in [0.05, 0.1) is 29.2 Å². The quantitative estimate of drug-likeness (QED) is 0.708. The number of piperidine rings is 1. The average molecular weight is 462 g/mol. The predicted octanol–water partition coefficient (Wildman–Crippen LogP) is 3.85. The zero-order valence-corrected chi connectivity index (χ0v) is 18.7. The highest BCUT2D eigenvalue weighted by Crippen LogP contribution is 2.36. The van der Waals surface area contributed by atoms with Gasteiger partial charge in [0.1, 0.15) is 0 Å². The van der Waals surface area contributed by atoms with E-state index in [0.717, 1.165) is 82.9 Å².